The first-order chi connectivity index (χ1) is 33.4. The summed E-state index contributed by atoms with van der Waals surface area (Å²) >= 11 is 0. The number of unbranched alkanes of at least 4 members (excludes halogenated alkanes) is 19. The van der Waals surface area contributed by atoms with E-state index in [-0.39, 0.29) is 19.2 Å². The predicted molar refractivity (Wildman–Crippen MR) is 283 cm³/mol. The Morgan fingerprint density at radius 3 is 1.35 bits per heavy atom. The van der Waals surface area contributed by atoms with E-state index in [4.69, 9.17) is 18.9 Å². The number of hydrogen-bond acceptors (Lipinski definition) is 9. The number of carbonyl (C=O) groups is 1. The molecule has 1 aliphatic rings. The van der Waals surface area contributed by atoms with Crippen molar-refractivity contribution >= 4 is 5.97 Å². The Hall–Kier alpha value is -2.89. The van der Waals surface area contributed by atoms with Crippen LogP contribution in [0.3, 0.4) is 0 Å². The van der Waals surface area contributed by atoms with Gasteiger partial charge in [0.2, 0.25) is 0 Å². The minimum absolute atomic E-state index is 0.120. The lowest BCUT2D eigenvalue weighted by molar-refractivity contribution is -0.305. The highest BCUT2D eigenvalue weighted by Gasteiger charge is 2.44. The van der Waals surface area contributed by atoms with E-state index < -0.39 is 43.4 Å². The van der Waals surface area contributed by atoms with Gasteiger partial charge in [-0.25, -0.2) is 0 Å². The van der Waals surface area contributed by atoms with Gasteiger partial charge in [-0.05, 0) is 96.3 Å². The van der Waals surface area contributed by atoms with Gasteiger partial charge in [-0.1, -0.05) is 201 Å². The lowest BCUT2D eigenvalue weighted by Gasteiger charge is -2.39. The summed E-state index contributed by atoms with van der Waals surface area (Å²) in [6, 6.07) is 0. The molecule has 1 rings (SSSR count). The number of aliphatic hydroxyl groups excluding tert-OH is 4. The van der Waals surface area contributed by atoms with E-state index in [9.17, 15) is 25.2 Å². The number of ether oxygens (including phenoxy) is 4. The van der Waals surface area contributed by atoms with Crippen LogP contribution >= 0.6 is 0 Å². The molecular formula is C59H100O9. The summed E-state index contributed by atoms with van der Waals surface area (Å²) in [6.45, 7) is 4.37. The third-order valence-corrected chi connectivity index (χ3v) is 12.0. The van der Waals surface area contributed by atoms with Gasteiger partial charge in [0.1, 0.15) is 30.5 Å². The van der Waals surface area contributed by atoms with E-state index in [1.165, 1.54) is 89.9 Å². The number of aliphatic hydroxyl groups is 4. The molecule has 4 N–H and O–H groups in total. The molecule has 9 heteroatoms. The highest BCUT2D eigenvalue weighted by Crippen LogP contribution is 2.23. The molecule has 0 saturated carbocycles. The molecule has 1 fully saturated rings. The van der Waals surface area contributed by atoms with Crippen LogP contribution in [0.25, 0.3) is 0 Å². The Bertz CT molecular complexity index is 1360. The maximum Gasteiger partial charge on any atom is 0.306 e. The van der Waals surface area contributed by atoms with Crippen LogP contribution in [0.1, 0.15) is 206 Å². The molecular weight excluding hydrogens is 853 g/mol. The van der Waals surface area contributed by atoms with E-state index in [0.717, 1.165) is 96.3 Å². The summed E-state index contributed by atoms with van der Waals surface area (Å²) in [6.07, 6.45) is 61.6. The first-order valence-electron chi connectivity index (χ1n) is 27.3. The lowest BCUT2D eigenvalue weighted by atomic mass is 9.99. The van der Waals surface area contributed by atoms with E-state index in [1.807, 2.05) is 0 Å². The zero-order valence-electron chi connectivity index (χ0n) is 43.1. The van der Waals surface area contributed by atoms with Gasteiger partial charge in [-0.2, -0.15) is 0 Å². The number of hydrogen-bond donors (Lipinski definition) is 4. The average molecular weight is 953 g/mol. The molecule has 0 aromatic carbocycles. The van der Waals surface area contributed by atoms with Crippen molar-refractivity contribution in [1.29, 1.82) is 0 Å². The van der Waals surface area contributed by atoms with Crippen LogP contribution in [-0.4, -0.2) is 89.6 Å². The maximum atomic E-state index is 12.9. The number of rotatable bonds is 46. The van der Waals surface area contributed by atoms with Gasteiger partial charge in [0.15, 0.2) is 6.29 Å². The fourth-order valence-corrected chi connectivity index (χ4v) is 7.76. The van der Waals surface area contributed by atoms with Crippen molar-refractivity contribution in [3.05, 3.63) is 97.2 Å². The quantitative estimate of drug-likeness (QED) is 0.0267. The monoisotopic (exact) mass is 953 g/mol. The predicted octanol–water partition coefficient (Wildman–Crippen LogP) is 13.9. The molecule has 6 unspecified atom stereocenters. The third-order valence-electron chi connectivity index (χ3n) is 12.0. The smallest absolute Gasteiger partial charge is 0.306 e. The molecule has 6 atom stereocenters. The number of allylic oxidation sites excluding steroid dienone is 16. The first kappa shape index (κ1) is 63.1. The summed E-state index contributed by atoms with van der Waals surface area (Å²) in [5, 5.41) is 40.3. The van der Waals surface area contributed by atoms with Gasteiger partial charge in [0.25, 0.3) is 0 Å². The Morgan fingerprint density at radius 2 is 0.897 bits per heavy atom. The van der Waals surface area contributed by atoms with Gasteiger partial charge in [-0.15, -0.1) is 0 Å². The highest BCUT2D eigenvalue weighted by atomic mass is 16.7. The van der Waals surface area contributed by atoms with Crippen LogP contribution in [0, 0.1) is 0 Å². The fraction of sp³-hybridized carbons (Fsp3) is 0.712. The van der Waals surface area contributed by atoms with Crippen molar-refractivity contribution < 1.29 is 44.2 Å². The highest BCUT2D eigenvalue weighted by molar-refractivity contribution is 5.69. The first-order valence-corrected chi connectivity index (χ1v) is 27.3. The lowest BCUT2D eigenvalue weighted by Crippen LogP contribution is -2.59. The van der Waals surface area contributed by atoms with Gasteiger partial charge in [-0.3, -0.25) is 4.79 Å². The topological polar surface area (TPSA) is 135 Å². The molecule has 0 amide bonds. The van der Waals surface area contributed by atoms with Gasteiger partial charge < -0.3 is 39.4 Å². The zero-order chi connectivity index (χ0) is 49.2. The molecule has 0 bridgehead atoms. The van der Waals surface area contributed by atoms with E-state index in [2.05, 4.69) is 111 Å². The fourth-order valence-electron chi connectivity index (χ4n) is 7.76. The second-order valence-electron chi connectivity index (χ2n) is 18.3. The van der Waals surface area contributed by atoms with Crippen LogP contribution in [0.15, 0.2) is 97.2 Å². The van der Waals surface area contributed by atoms with Crippen molar-refractivity contribution in [2.24, 2.45) is 0 Å². The minimum atomic E-state index is -1.55. The molecule has 0 aromatic rings. The number of esters is 1. The van der Waals surface area contributed by atoms with E-state index >= 15 is 0 Å². The summed E-state index contributed by atoms with van der Waals surface area (Å²) < 4.78 is 22.9. The second kappa shape index (κ2) is 49.1. The zero-order valence-corrected chi connectivity index (χ0v) is 43.1. The minimum Gasteiger partial charge on any atom is -0.457 e. The summed E-state index contributed by atoms with van der Waals surface area (Å²) in [5.41, 5.74) is 0. The normalized spacial score (nSPS) is 19.9. The van der Waals surface area contributed by atoms with Gasteiger partial charge >= 0.3 is 5.97 Å². The molecule has 68 heavy (non-hydrogen) atoms. The van der Waals surface area contributed by atoms with Crippen LogP contribution in [0.2, 0.25) is 0 Å². The summed E-state index contributed by atoms with van der Waals surface area (Å²) in [4.78, 5) is 12.9. The second-order valence-corrected chi connectivity index (χ2v) is 18.3. The van der Waals surface area contributed by atoms with Crippen molar-refractivity contribution in [3.8, 4) is 0 Å². The molecule has 9 nitrogen and oxygen atoms in total. The van der Waals surface area contributed by atoms with E-state index in [0.29, 0.717) is 13.0 Å². The van der Waals surface area contributed by atoms with E-state index in [1.54, 1.807) is 0 Å². The summed E-state index contributed by atoms with van der Waals surface area (Å²) in [5.74, 6) is -0.330. The molecule has 0 aliphatic carbocycles. The Balaban J connectivity index is 2.21. The van der Waals surface area contributed by atoms with Crippen molar-refractivity contribution in [1.82, 2.24) is 0 Å². The van der Waals surface area contributed by atoms with Crippen LogP contribution in [0.5, 0.6) is 0 Å². The third kappa shape index (κ3) is 38.9. The average Bonchev–Trinajstić information content (AvgIpc) is 3.34. The standard InChI is InChI=1S/C59H100O9/c1-3-5-7-9-11-13-15-17-19-21-23-25-26-27-28-29-30-32-34-36-38-40-42-44-46-48-55(61)67-53(52-66-59-58(64)57(63)56(62)54(50-60)68-59)51-65-49-47-45-43-41-39-37-35-33-31-24-22-20-18-16-14-12-10-8-6-4-2/h6,8,12,14-15,17-18,20-21,23-24,26-27,31,35,37,53-54,56-60,62-64H,3-5,7,9-11,13,16,19,22,25,28-30,32-34,36,38-52H2,1-2H3/b8-6-,14-12-,17-15-,20-18-,23-21-,27-26-,31-24-,37-35-. The Morgan fingerprint density at radius 1 is 0.485 bits per heavy atom. The SMILES string of the molecule is CC/C=C\C/C=C\C/C=C\C/C=C\C/C=C\CCCCCCOCC(COC1OC(CO)C(O)C(O)C1O)OC(=O)CCCCCCCCCCCC/C=C\C/C=C\C/C=C\CCCCCCC. The van der Waals surface area contributed by atoms with Crippen LogP contribution < -0.4 is 0 Å². The Labute approximate surface area is 415 Å². The van der Waals surface area contributed by atoms with Crippen molar-refractivity contribution in [2.75, 3.05) is 26.4 Å². The van der Waals surface area contributed by atoms with Gasteiger partial charge in [0.05, 0.1) is 19.8 Å². The Kier molecular flexibility index (Phi) is 45.6. The maximum absolute atomic E-state index is 12.9. The molecule has 390 valence electrons. The molecule has 1 heterocycles. The van der Waals surface area contributed by atoms with Crippen molar-refractivity contribution in [2.45, 2.75) is 243 Å². The van der Waals surface area contributed by atoms with Crippen molar-refractivity contribution in [3.63, 3.8) is 0 Å². The van der Waals surface area contributed by atoms with Crippen LogP contribution in [-0.2, 0) is 23.7 Å². The number of carbonyl (C=O) groups excluding carboxylic acids is 1. The summed E-state index contributed by atoms with van der Waals surface area (Å²) in [7, 11) is 0. The molecule has 1 saturated heterocycles. The molecule has 1 aliphatic heterocycles. The molecule has 0 spiro atoms. The van der Waals surface area contributed by atoms with Gasteiger partial charge in [0, 0.05) is 13.0 Å². The molecule has 0 radical (unpaired) electrons. The molecule has 0 aromatic heterocycles. The van der Waals surface area contributed by atoms with Crippen LogP contribution in [0.4, 0.5) is 0 Å². The largest absolute Gasteiger partial charge is 0.457 e.